The van der Waals surface area contributed by atoms with E-state index in [0.717, 1.165) is 55.7 Å². The van der Waals surface area contributed by atoms with Crippen molar-refractivity contribution in [2.75, 3.05) is 13.1 Å². The van der Waals surface area contributed by atoms with Gasteiger partial charge in [0.2, 0.25) is 0 Å². The Hall–Kier alpha value is -1.64. The molecule has 0 amide bonds. The number of amidine groups is 1. The smallest absolute Gasteiger partial charge is 0.163 e. The van der Waals surface area contributed by atoms with E-state index in [1.165, 1.54) is 0 Å². The Balaban J connectivity index is 2.16. The van der Waals surface area contributed by atoms with E-state index in [1.54, 1.807) is 0 Å². The quantitative estimate of drug-likeness (QED) is 0.629. The molecule has 0 radical (unpaired) electrons. The molecule has 0 spiro atoms. The van der Waals surface area contributed by atoms with Gasteiger partial charge in [-0.3, -0.25) is 9.79 Å². The molecule has 0 saturated heterocycles. The highest BCUT2D eigenvalue weighted by Crippen LogP contribution is 2.15. The van der Waals surface area contributed by atoms with Crippen molar-refractivity contribution in [3.63, 3.8) is 0 Å². The zero-order chi connectivity index (χ0) is 13.5. The van der Waals surface area contributed by atoms with Crippen molar-refractivity contribution in [2.45, 2.75) is 39.0 Å². The Bertz CT molecular complexity index is 466. The van der Waals surface area contributed by atoms with E-state index in [1.807, 2.05) is 24.3 Å². The van der Waals surface area contributed by atoms with Gasteiger partial charge < -0.3 is 5.32 Å². The first kappa shape index (κ1) is 13.8. The molecule has 0 bridgehead atoms. The third-order valence-corrected chi connectivity index (χ3v) is 3.39. The van der Waals surface area contributed by atoms with Gasteiger partial charge in [0.1, 0.15) is 5.84 Å². The molecule has 3 heteroatoms. The van der Waals surface area contributed by atoms with Gasteiger partial charge in [-0.2, -0.15) is 0 Å². The number of nitrogens with zero attached hydrogens (tertiary/aromatic N) is 1. The second-order valence-corrected chi connectivity index (χ2v) is 4.94. The summed E-state index contributed by atoms with van der Waals surface area (Å²) < 4.78 is 0. The van der Waals surface area contributed by atoms with E-state index < -0.39 is 0 Å². The molecule has 0 fully saturated rings. The van der Waals surface area contributed by atoms with Crippen LogP contribution >= 0.6 is 0 Å². The number of rotatable bonds is 6. The topological polar surface area (TPSA) is 41.5 Å². The van der Waals surface area contributed by atoms with Gasteiger partial charge in [0.15, 0.2) is 5.78 Å². The van der Waals surface area contributed by atoms with Crippen LogP contribution in [0.4, 0.5) is 0 Å². The molecular weight excluding hydrogens is 236 g/mol. The van der Waals surface area contributed by atoms with E-state index in [4.69, 9.17) is 0 Å². The highest BCUT2D eigenvalue weighted by molar-refractivity contribution is 6.10. The normalized spacial score (nSPS) is 14.7. The van der Waals surface area contributed by atoms with Crippen molar-refractivity contribution in [3.05, 3.63) is 35.4 Å². The highest BCUT2D eigenvalue weighted by Gasteiger charge is 2.15. The fourth-order valence-electron chi connectivity index (χ4n) is 2.32. The Labute approximate surface area is 115 Å². The first-order valence-corrected chi connectivity index (χ1v) is 7.24. The molecule has 3 nitrogen and oxygen atoms in total. The monoisotopic (exact) mass is 258 g/mol. The number of Topliss-reactive ketones (excluding diaryl/α,β-unsaturated/α-hetero) is 1. The molecule has 1 aliphatic heterocycles. The van der Waals surface area contributed by atoms with Crippen molar-refractivity contribution in [1.82, 2.24) is 5.32 Å². The third kappa shape index (κ3) is 3.66. The molecule has 1 heterocycles. The molecule has 0 unspecified atom stereocenters. The summed E-state index contributed by atoms with van der Waals surface area (Å²) in [5, 5.41) is 3.30. The third-order valence-electron chi connectivity index (χ3n) is 3.39. The van der Waals surface area contributed by atoms with E-state index in [2.05, 4.69) is 17.2 Å². The van der Waals surface area contributed by atoms with Crippen molar-refractivity contribution in [3.8, 4) is 0 Å². The molecule has 0 atom stereocenters. The maximum absolute atomic E-state index is 12.3. The fraction of sp³-hybridized carbons (Fsp3) is 0.500. The number of benzene rings is 1. The highest BCUT2D eigenvalue weighted by atomic mass is 16.1. The largest absolute Gasteiger partial charge is 0.370 e. The predicted molar refractivity (Wildman–Crippen MR) is 78.9 cm³/mol. The molecular formula is C16H22N2O. The van der Waals surface area contributed by atoms with Crippen LogP contribution in [0.3, 0.4) is 0 Å². The van der Waals surface area contributed by atoms with Crippen LogP contribution in [-0.2, 0) is 0 Å². The first-order valence-electron chi connectivity index (χ1n) is 7.24. The molecule has 102 valence electrons. The molecule has 0 aromatic heterocycles. The first-order chi connectivity index (χ1) is 9.33. The summed E-state index contributed by atoms with van der Waals surface area (Å²) in [6.07, 6.45) is 4.94. The van der Waals surface area contributed by atoms with Crippen LogP contribution in [0.15, 0.2) is 29.3 Å². The average molecular weight is 258 g/mol. The number of hydrogen-bond donors (Lipinski definition) is 1. The van der Waals surface area contributed by atoms with Crippen molar-refractivity contribution < 1.29 is 4.79 Å². The van der Waals surface area contributed by atoms with Crippen LogP contribution in [-0.4, -0.2) is 24.7 Å². The molecule has 1 aromatic carbocycles. The fourth-order valence-corrected chi connectivity index (χ4v) is 2.32. The Morgan fingerprint density at radius 3 is 2.89 bits per heavy atom. The minimum Gasteiger partial charge on any atom is -0.370 e. The molecule has 2 rings (SSSR count). The van der Waals surface area contributed by atoms with Gasteiger partial charge in [0.25, 0.3) is 0 Å². The lowest BCUT2D eigenvalue weighted by molar-refractivity contribution is 0.0979. The van der Waals surface area contributed by atoms with E-state index >= 15 is 0 Å². The number of aliphatic imine (C=N–C) groups is 1. The van der Waals surface area contributed by atoms with Gasteiger partial charge in [-0.05, 0) is 12.8 Å². The summed E-state index contributed by atoms with van der Waals surface area (Å²) >= 11 is 0. The van der Waals surface area contributed by atoms with Gasteiger partial charge in [-0.15, -0.1) is 0 Å². The average Bonchev–Trinajstić information content (AvgIpc) is 2.48. The van der Waals surface area contributed by atoms with Crippen LogP contribution in [0.5, 0.6) is 0 Å². The molecule has 0 saturated carbocycles. The summed E-state index contributed by atoms with van der Waals surface area (Å²) in [7, 11) is 0. The SMILES string of the molecule is CCCCCC(=O)c1ccccc1C1=NCCCN1. The van der Waals surface area contributed by atoms with E-state index in [9.17, 15) is 4.79 Å². The van der Waals surface area contributed by atoms with Gasteiger partial charge in [0.05, 0.1) is 0 Å². The molecule has 1 aromatic rings. The van der Waals surface area contributed by atoms with Crippen LogP contribution < -0.4 is 5.32 Å². The van der Waals surface area contributed by atoms with Gasteiger partial charge in [-0.1, -0.05) is 44.0 Å². The van der Waals surface area contributed by atoms with E-state index in [0.29, 0.717) is 6.42 Å². The van der Waals surface area contributed by atoms with Crippen molar-refractivity contribution >= 4 is 11.6 Å². The van der Waals surface area contributed by atoms with Gasteiger partial charge in [-0.25, -0.2) is 0 Å². The maximum Gasteiger partial charge on any atom is 0.163 e. The number of carbonyl (C=O) groups is 1. The Morgan fingerprint density at radius 2 is 2.16 bits per heavy atom. The molecule has 0 aliphatic carbocycles. The summed E-state index contributed by atoms with van der Waals surface area (Å²) in [6.45, 7) is 3.94. The van der Waals surface area contributed by atoms with Crippen LogP contribution in [0.1, 0.15) is 54.9 Å². The lowest BCUT2D eigenvalue weighted by Gasteiger charge is -2.17. The lowest BCUT2D eigenvalue weighted by Crippen LogP contribution is -2.31. The van der Waals surface area contributed by atoms with E-state index in [-0.39, 0.29) is 5.78 Å². The zero-order valence-corrected chi connectivity index (χ0v) is 11.6. The van der Waals surface area contributed by atoms with Crippen LogP contribution in [0.25, 0.3) is 0 Å². The molecule has 1 N–H and O–H groups in total. The summed E-state index contributed by atoms with van der Waals surface area (Å²) in [5.74, 6) is 1.12. The van der Waals surface area contributed by atoms with Gasteiger partial charge >= 0.3 is 0 Å². The minimum absolute atomic E-state index is 0.235. The summed E-state index contributed by atoms with van der Waals surface area (Å²) in [6, 6.07) is 7.81. The molecule has 1 aliphatic rings. The Morgan fingerprint density at radius 1 is 1.32 bits per heavy atom. The van der Waals surface area contributed by atoms with Crippen LogP contribution in [0, 0.1) is 0 Å². The Kier molecular flexibility index (Phi) is 5.13. The second-order valence-electron chi connectivity index (χ2n) is 4.94. The molecule has 19 heavy (non-hydrogen) atoms. The lowest BCUT2D eigenvalue weighted by atomic mass is 9.98. The second kappa shape index (κ2) is 7.07. The number of unbranched alkanes of at least 4 members (excludes halogenated alkanes) is 2. The van der Waals surface area contributed by atoms with Crippen molar-refractivity contribution in [2.24, 2.45) is 4.99 Å². The van der Waals surface area contributed by atoms with Gasteiger partial charge in [0, 0.05) is 30.6 Å². The van der Waals surface area contributed by atoms with Crippen LogP contribution in [0.2, 0.25) is 0 Å². The van der Waals surface area contributed by atoms with Crippen molar-refractivity contribution in [1.29, 1.82) is 0 Å². The minimum atomic E-state index is 0.235. The maximum atomic E-state index is 12.3. The summed E-state index contributed by atoms with van der Waals surface area (Å²) in [4.78, 5) is 16.8. The zero-order valence-electron chi connectivity index (χ0n) is 11.6. The number of ketones is 1. The standard InChI is InChI=1S/C16H22N2O/c1-2-3-4-10-15(19)13-8-5-6-9-14(13)16-17-11-7-12-18-16/h5-6,8-9H,2-4,7,10-12H2,1H3,(H,17,18). The number of nitrogens with one attached hydrogen (secondary N) is 1. The predicted octanol–water partition coefficient (Wildman–Crippen LogP) is 3.19. The number of carbonyl (C=O) groups excluding carboxylic acids is 1. The summed E-state index contributed by atoms with van der Waals surface area (Å²) in [5.41, 5.74) is 1.77. The number of hydrogen-bond acceptors (Lipinski definition) is 3.